The topological polar surface area (TPSA) is 32.3 Å². The summed E-state index contributed by atoms with van der Waals surface area (Å²) >= 11 is 0. The number of nitrogens with one attached hydrogen (secondary N) is 1. The molecule has 1 heterocycles. The summed E-state index contributed by atoms with van der Waals surface area (Å²) in [5.74, 6) is -0.0397. The Labute approximate surface area is 138 Å². The summed E-state index contributed by atoms with van der Waals surface area (Å²) < 4.78 is 0. The largest absolute Gasteiger partial charge is 0.372 e. The molecule has 0 unspecified atom stereocenters. The first-order valence-electron chi connectivity index (χ1n) is 8.48. The van der Waals surface area contributed by atoms with Gasteiger partial charge in [0.2, 0.25) is 5.91 Å². The van der Waals surface area contributed by atoms with Crippen molar-refractivity contribution in [2.45, 2.75) is 32.1 Å². The molecule has 3 nitrogen and oxygen atoms in total. The Hall–Kier alpha value is -2.29. The van der Waals surface area contributed by atoms with E-state index >= 15 is 0 Å². The smallest absolute Gasteiger partial charge is 0.231 e. The zero-order valence-electron chi connectivity index (χ0n) is 13.7. The molecule has 1 saturated heterocycles. The van der Waals surface area contributed by atoms with Gasteiger partial charge in [0.1, 0.15) is 0 Å². The molecule has 0 radical (unpaired) electrons. The minimum Gasteiger partial charge on any atom is -0.372 e. The standard InChI is InChI=1S/C20H24N2O/c1-2-19(16-8-4-3-5-9-16)20(23)21-17-10-12-18(13-11-17)22-14-6-7-15-22/h3-5,8-13,19H,2,6-7,14-15H2,1H3,(H,21,23)/t19-/m0/s1. The molecule has 0 aromatic heterocycles. The number of rotatable bonds is 5. The SMILES string of the molecule is CC[C@H](C(=O)Nc1ccc(N2CCCC2)cc1)c1ccccc1. The Morgan fingerprint density at radius 2 is 1.70 bits per heavy atom. The van der Waals surface area contributed by atoms with Crippen LogP contribution in [-0.4, -0.2) is 19.0 Å². The van der Waals surface area contributed by atoms with Crippen molar-refractivity contribution in [1.82, 2.24) is 0 Å². The molecule has 120 valence electrons. The first-order chi connectivity index (χ1) is 11.3. The molecule has 3 rings (SSSR count). The van der Waals surface area contributed by atoms with E-state index in [1.807, 2.05) is 49.4 Å². The fourth-order valence-corrected chi connectivity index (χ4v) is 3.22. The van der Waals surface area contributed by atoms with Crippen LogP contribution in [0.2, 0.25) is 0 Å². The number of hydrogen-bond acceptors (Lipinski definition) is 2. The van der Waals surface area contributed by atoms with Gasteiger partial charge < -0.3 is 10.2 Å². The summed E-state index contributed by atoms with van der Waals surface area (Å²) in [6.07, 6.45) is 3.34. The zero-order chi connectivity index (χ0) is 16.1. The lowest BCUT2D eigenvalue weighted by atomic mass is 9.95. The van der Waals surface area contributed by atoms with Crippen LogP contribution < -0.4 is 10.2 Å². The summed E-state index contributed by atoms with van der Waals surface area (Å²) in [6, 6.07) is 18.2. The van der Waals surface area contributed by atoms with Crippen molar-refractivity contribution in [1.29, 1.82) is 0 Å². The summed E-state index contributed by atoms with van der Waals surface area (Å²) in [5.41, 5.74) is 3.18. The average Bonchev–Trinajstić information content (AvgIpc) is 3.12. The second-order valence-electron chi connectivity index (χ2n) is 6.10. The van der Waals surface area contributed by atoms with Gasteiger partial charge in [0, 0.05) is 24.5 Å². The minimum absolute atomic E-state index is 0.0626. The van der Waals surface area contributed by atoms with Crippen molar-refractivity contribution in [2.75, 3.05) is 23.3 Å². The molecule has 0 saturated carbocycles. The van der Waals surface area contributed by atoms with E-state index in [4.69, 9.17) is 0 Å². The molecule has 0 bridgehead atoms. The highest BCUT2D eigenvalue weighted by Gasteiger charge is 2.18. The van der Waals surface area contributed by atoms with E-state index in [1.165, 1.54) is 18.5 Å². The maximum absolute atomic E-state index is 12.6. The quantitative estimate of drug-likeness (QED) is 0.887. The van der Waals surface area contributed by atoms with Gasteiger partial charge in [0.25, 0.3) is 0 Å². The molecule has 1 N–H and O–H groups in total. The molecule has 1 aliphatic rings. The number of amides is 1. The number of anilines is 2. The molecule has 2 aromatic carbocycles. The van der Waals surface area contributed by atoms with Crippen LogP contribution in [0.3, 0.4) is 0 Å². The molecular formula is C20H24N2O. The minimum atomic E-state index is -0.102. The summed E-state index contributed by atoms with van der Waals surface area (Å²) in [7, 11) is 0. The van der Waals surface area contributed by atoms with E-state index < -0.39 is 0 Å². The highest BCUT2D eigenvalue weighted by molar-refractivity contribution is 5.95. The molecule has 1 atom stereocenters. The van der Waals surface area contributed by atoms with Crippen LogP contribution in [0.4, 0.5) is 11.4 Å². The highest BCUT2D eigenvalue weighted by Crippen LogP contribution is 2.24. The van der Waals surface area contributed by atoms with E-state index in [0.29, 0.717) is 0 Å². The van der Waals surface area contributed by atoms with Crippen LogP contribution >= 0.6 is 0 Å². The Balaban J connectivity index is 1.67. The predicted octanol–water partition coefficient (Wildman–Crippen LogP) is 4.42. The molecule has 1 amide bonds. The van der Waals surface area contributed by atoms with Gasteiger partial charge in [0.15, 0.2) is 0 Å². The average molecular weight is 308 g/mol. The summed E-state index contributed by atoms with van der Waals surface area (Å²) in [4.78, 5) is 15.0. The van der Waals surface area contributed by atoms with Gasteiger partial charge in [-0.1, -0.05) is 37.3 Å². The van der Waals surface area contributed by atoms with Gasteiger partial charge in [-0.05, 0) is 49.1 Å². The van der Waals surface area contributed by atoms with Crippen LogP contribution in [0.1, 0.15) is 37.7 Å². The van der Waals surface area contributed by atoms with Crippen LogP contribution in [-0.2, 0) is 4.79 Å². The van der Waals surface area contributed by atoms with Gasteiger partial charge >= 0.3 is 0 Å². The van der Waals surface area contributed by atoms with Gasteiger partial charge in [-0.15, -0.1) is 0 Å². The first kappa shape index (κ1) is 15.6. The van der Waals surface area contributed by atoms with Crippen molar-refractivity contribution >= 4 is 17.3 Å². The van der Waals surface area contributed by atoms with Crippen molar-refractivity contribution in [2.24, 2.45) is 0 Å². The van der Waals surface area contributed by atoms with Crippen LogP contribution in [0, 0.1) is 0 Å². The normalized spacial score (nSPS) is 15.4. The number of nitrogens with zero attached hydrogens (tertiary/aromatic N) is 1. The van der Waals surface area contributed by atoms with Gasteiger partial charge in [-0.2, -0.15) is 0 Å². The lowest BCUT2D eigenvalue weighted by Gasteiger charge is -2.19. The Morgan fingerprint density at radius 1 is 1.04 bits per heavy atom. The molecule has 1 aliphatic heterocycles. The maximum Gasteiger partial charge on any atom is 0.231 e. The van der Waals surface area contributed by atoms with E-state index in [0.717, 1.165) is 30.8 Å². The van der Waals surface area contributed by atoms with Gasteiger partial charge in [0.05, 0.1) is 5.92 Å². The molecule has 23 heavy (non-hydrogen) atoms. The van der Waals surface area contributed by atoms with Crippen LogP contribution in [0.5, 0.6) is 0 Å². The van der Waals surface area contributed by atoms with Gasteiger partial charge in [-0.25, -0.2) is 0 Å². The Kier molecular flexibility index (Phi) is 4.96. The maximum atomic E-state index is 12.6. The van der Waals surface area contributed by atoms with Crippen molar-refractivity contribution < 1.29 is 4.79 Å². The van der Waals surface area contributed by atoms with E-state index in [9.17, 15) is 4.79 Å². The zero-order valence-corrected chi connectivity index (χ0v) is 13.7. The Morgan fingerprint density at radius 3 is 2.30 bits per heavy atom. The number of benzene rings is 2. The Bertz CT molecular complexity index is 630. The third-order valence-corrected chi connectivity index (χ3v) is 4.53. The van der Waals surface area contributed by atoms with Crippen LogP contribution in [0.25, 0.3) is 0 Å². The van der Waals surface area contributed by atoms with E-state index in [1.54, 1.807) is 0 Å². The van der Waals surface area contributed by atoms with Crippen molar-refractivity contribution in [3.05, 3.63) is 60.2 Å². The number of carbonyl (C=O) groups is 1. The van der Waals surface area contributed by atoms with Crippen molar-refractivity contribution in [3.63, 3.8) is 0 Å². The van der Waals surface area contributed by atoms with E-state index in [-0.39, 0.29) is 11.8 Å². The van der Waals surface area contributed by atoms with Gasteiger partial charge in [-0.3, -0.25) is 4.79 Å². The fourth-order valence-electron chi connectivity index (χ4n) is 3.22. The summed E-state index contributed by atoms with van der Waals surface area (Å²) in [5, 5.41) is 3.05. The first-order valence-corrected chi connectivity index (χ1v) is 8.48. The molecule has 0 spiro atoms. The van der Waals surface area contributed by atoms with Crippen LogP contribution in [0.15, 0.2) is 54.6 Å². The second kappa shape index (κ2) is 7.32. The third kappa shape index (κ3) is 3.73. The predicted molar refractivity (Wildman–Crippen MR) is 96.0 cm³/mol. The second-order valence-corrected chi connectivity index (χ2v) is 6.10. The summed E-state index contributed by atoms with van der Waals surface area (Å²) in [6.45, 7) is 4.32. The third-order valence-electron chi connectivity index (χ3n) is 4.53. The number of carbonyl (C=O) groups excluding carboxylic acids is 1. The molecule has 2 aromatic rings. The monoisotopic (exact) mass is 308 g/mol. The van der Waals surface area contributed by atoms with Crippen molar-refractivity contribution in [3.8, 4) is 0 Å². The molecule has 1 fully saturated rings. The molecule has 0 aliphatic carbocycles. The molecule has 3 heteroatoms. The lowest BCUT2D eigenvalue weighted by molar-refractivity contribution is -0.117. The molecular weight excluding hydrogens is 284 g/mol. The lowest BCUT2D eigenvalue weighted by Crippen LogP contribution is -2.21. The highest BCUT2D eigenvalue weighted by atomic mass is 16.1. The van der Waals surface area contributed by atoms with E-state index in [2.05, 4.69) is 22.3 Å². The number of hydrogen-bond donors (Lipinski definition) is 1. The fraction of sp³-hybridized carbons (Fsp3) is 0.350.